The second kappa shape index (κ2) is 5.67. The van der Waals surface area contributed by atoms with Gasteiger partial charge in [-0.3, -0.25) is 0 Å². The van der Waals surface area contributed by atoms with Gasteiger partial charge in [0.1, 0.15) is 0 Å². The van der Waals surface area contributed by atoms with Crippen LogP contribution in [0.25, 0.3) is 0 Å². The first-order valence-corrected chi connectivity index (χ1v) is 5.93. The molecule has 0 aromatic rings. The van der Waals surface area contributed by atoms with Crippen molar-refractivity contribution >= 4 is 23.2 Å². The lowest BCUT2D eigenvalue weighted by Crippen LogP contribution is -2.19. The number of hydrogen-bond donors (Lipinski definition) is 1. The average Bonchev–Trinajstić information content (AvgIpc) is 2.15. The van der Waals surface area contributed by atoms with E-state index >= 15 is 0 Å². The molecule has 80 valence electrons. The lowest BCUT2D eigenvalue weighted by atomic mass is 9.82. The Labute approximate surface area is 96.0 Å². The van der Waals surface area contributed by atoms with Crippen LogP contribution < -0.4 is 5.73 Å². The molecular formula is C11H17Cl2N. The van der Waals surface area contributed by atoms with E-state index in [1.54, 1.807) is 6.08 Å². The van der Waals surface area contributed by atoms with Crippen molar-refractivity contribution in [1.82, 2.24) is 0 Å². The quantitative estimate of drug-likeness (QED) is 0.571. The van der Waals surface area contributed by atoms with Crippen molar-refractivity contribution in [3.63, 3.8) is 0 Å². The molecule has 0 aromatic carbocycles. The molecule has 0 heterocycles. The number of nitrogens with two attached hydrogens (primary N) is 1. The van der Waals surface area contributed by atoms with Gasteiger partial charge in [0.15, 0.2) is 0 Å². The summed E-state index contributed by atoms with van der Waals surface area (Å²) in [6, 6.07) is 0. The van der Waals surface area contributed by atoms with Crippen LogP contribution in [-0.4, -0.2) is 5.38 Å². The second-order valence-electron chi connectivity index (χ2n) is 3.72. The Morgan fingerprint density at radius 1 is 1.57 bits per heavy atom. The highest BCUT2D eigenvalue weighted by atomic mass is 35.5. The van der Waals surface area contributed by atoms with E-state index in [0.717, 1.165) is 12.8 Å². The van der Waals surface area contributed by atoms with Gasteiger partial charge >= 0.3 is 0 Å². The van der Waals surface area contributed by atoms with E-state index in [9.17, 15) is 0 Å². The summed E-state index contributed by atoms with van der Waals surface area (Å²) >= 11 is 11.8. The van der Waals surface area contributed by atoms with Crippen LogP contribution in [0.1, 0.15) is 32.6 Å². The third-order valence-electron chi connectivity index (χ3n) is 2.77. The molecule has 0 saturated heterocycles. The fourth-order valence-electron chi connectivity index (χ4n) is 1.99. The molecule has 14 heavy (non-hydrogen) atoms. The lowest BCUT2D eigenvalue weighted by Gasteiger charge is -2.28. The summed E-state index contributed by atoms with van der Waals surface area (Å²) in [4.78, 5) is 0. The van der Waals surface area contributed by atoms with E-state index in [2.05, 4.69) is 6.92 Å². The summed E-state index contributed by atoms with van der Waals surface area (Å²) in [5, 5.41) is 0.489. The van der Waals surface area contributed by atoms with E-state index in [1.807, 2.05) is 6.08 Å². The molecule has 1 saturated carbocycles. The molecule has 0 bridgehead atoms. The highest BCUT2D eigenvalue weighted by molar-refractivity contribution is 6.29. The molecule has 1 fully saturated rings. The Bertz CT molecular complexity index is 242. The largest absolute Gasteiger partial charge is 0.389 e. The molecule has 1 nitrogen and oxygen atoms in total. The second-order valence-corrected chi connectivity index (χ2v) is 4.69. The molecule has 0 aromatic heterocycles. The van der Waals surface area contributed by atoms with Crippen LogP contribution >= 0.6 is 23.2 Å². The predicted molar refractivity (Wildman–Crippen MR) is 63.5 cm³/mol. The maximum absolute atomic E-state index is 6.26. The van der Waals surface area contributed by atoms with Gasteiger partial charge < -0.3 is 5.73 Å². The van der Waals surface area contributed by atoms with Crippen molar-refractivity contribution in [1.29, 1.82) is 0 Å². The van der Waals surface area contributed by atoms with Crippen molar-refractivity contribution < 1.29 is 0 Å². The summed E-state index contributed by atoms with van der Waals surface area (Å²) in [5.41, 5.74) is 6.68. The standard InChI is InChI=1S/C11H17Cl2N/c1-2-8-4-3-5-10(12)9(8)6-7-11(13)14/h6-8,10H,2-5,14H2,1H3/b9-6+,11-7-. The maximum atomic E-state index is 6.26. The SMILES string of the molecule is CCC1CCCC(Cl)/C1=C/C=C(\N)Cl. The van der Waals surface area contributed by atoms with E-state index in [-0.39, 0.29) is 5.38 Å². The van der Waals surface area contributed by atoms with Crippen LogP contribution in [0, 0.1) is 5.92 Å². The fraction of sp³-hybridized carbons (Fsp3) is 0.636. The summed E-state index contributed by atoms with van der Waals surface area (Å²) in [5.74, 6) is 0.610. The summed E-state index contributed by atoms with van der Waals surface area (Å²) in [6.45, 7) is 2.20. The molecule has 2 atom stereocenters. The van der Waals surface area contributed by atoms with Crippen LogP contribution in [0.4, 0.5) is 0 Å². The van der Waals surface area contributed by atoms with Gasteiger partial charge in [0, 0.05) is 0 Å². The first-order valence-electron chi connectivity index (χ1n) is 5.12. The zero-order valence-electron chi connectivity index (χ0n) is 8.47. The zero-order valence-corrected chi connectivity index (χ0v) is 9.98. The van der Waals surface area contributed by atoms with Crippen LogP contribution in [0.3, 0.4) is 0 Å². The average molecular weight is 234 g/mol. The molecule has 0 spiro atoms. The van der Waals surface area contributed by atoms with E-state index in [1.165, 1.54) is 18.4 Å². The Kier molecular flexibility index (Phi) is 4.83. The Morgan fingerprint density at radius 2 is 2.29 bits per heavy atom. The van der Waals surface area contributed by atoms with Crippen LogP contribution in [0.5, 0.6) is 0 Å². The minimum atomic E-state index is 0.168. The maximum Gasteiger partial charge on any atom is 0.0991 e. The van der Waals surface area contributed by atoms with Crippen molar-refractivity contribution in [2.45, 2.75) is 38.0 Å². The van der Waals surface area contributed by atoms with Crippen molar-refractivity contribution in [2.75, 3.05) is 0 Å². The van der Waals surface area contributed by atoms with Crippen molar-refractivity contribution in [3.05, 3.63) is 22.9 Å². The first-order chi connectivity index (χ1) is 6.65. The Morgan fingerprint density at radius 3 is 2.86 bits per heavy atom. The molecule has 1 aliphatic carbocycles. The third kappa shape index (κ3) is 3.21. The molecule has 2 N–H and O–H groups in total. The van der Waals surface area contributed by atoms with Gasteiger partial charge in [0.2, 0.25) is 0 Å². The number of hydrogen-bond acceptors (Lipinski definition) is 1. The molecular weight excluding hydrogens is 217 g/mol. The summed E-state index contributed by atoms with van der Waals surface area (Å²) < 4.78 is 0. The van der Waals surface area contributed by atoms with Gasteiger partial charge in [0.25, 0.3) is 0 Å². The first kappa shape index (κ1) is 11.9. The van der Waals surface area contributed by atoms with E-state index in [4.69, 9.17) is 28.9 Å². The highest BCUT2D eigenvalue weighted by Gasteiger charge is 2.23. The smallest absolute Gasteiger partial charge is 0.0991 e. The van der Waals surface area contributed by atoms with Gasteiger partial charge in [0.05, 0.1) is 10.5 Å². The Balaban J connectivity index is 2.78. The summed E-state index contributed by atoms with van der Waals surface area (Å²) in [6.07, 6.45) is 8.41. The number of rotatable bonds is 2. The minimum absolute atomic E-state index is 0.168. The zero-order chi connectivity index (χ0) is 10.6. The van der Waals surface area contributed by atoms with E-state index in [0.29, 0.717) is 11.1 Å². The third-order valence-corrected chi connectivity index (χ3v) is 3.37. The fourth-order valence-corrected chi connectivity index (χ4v) is 2.46. The van der Waals surface area contributed by atoms with Crippen LogP contribution in [-0.2, 0) is 0 Å². The molecule has 2 unspecified atom stereocenters. The van der Waals surface area contributed by atoms with Gasteiger partial charge in [-0.2, -0.15) is 0 Å². The highest BCUT2D eigenvalue weighted by Crippen LogP contribution is 2.35. The molecule has 0 radical (unpaired) electrons. The van der Waals surface area contributed by atoms with Gasteiger partial charge in [-0.15, -0.1) is 11.6 Å². The van der Waals surface area contributed by atoms with E-state index < -0.39 is 0 Å². The molecule has 1 rings (SSSR count). The van der Waals surface area contributed by atoms with Crippen LogP contribution in [0.2, 0.25) is 0 Å². The van der Waals surface area contributed by atoms with Crippen molar-refractivity contribution in [2.24, 2.45) is 11.7 Å². The summed E-state index contributed by atoms with van der Waals surface area (Å²) in [7, 11) is 0. The number of allylic oxidation sites excluding steroid dienone is 3. The number of halogens is 2. The monoisotopic (exact) mass is 233 g/mol. The molecule has 1 aliphatic rings. The molecule has 0 aliphatic heterocycles. The van der Waals surface area contributed by atoms with Gasteiger partial charge in [-0.1, -0.05) is 31.0 Å². The molecule has 0 amide bonds. The number of alkyl halides is 1. The van der Waals surface area contributed by atoms with Crippen molar-refractivity contribution in [3.8, 4) is 0 Å². The normalized spacial score (nSPS) is 32.2. The van der Waals surface area contributed by atoms with Crippen LogP contribution in [0.15, 0.2) is 22.9 Å². The Hall–Kier alpha value is -0.140. The van der Waals surface area contributed by atoms with Gasteiger partial charge in [-0.05, 0) is 36.8 Å². The lowest BCUT2D eigenvalue weighted by molar-refractivity contribution is 0.446. The van der Waals surface area contributed by atoms with Gasteiger partial charge in [-0.25, -0.2) is 0 Å². The topological polar surface area (TPSA) is 26.0 Å². The predicted octanol–water partition coefficient (Wildman–Crippen LogP) is 3.77. The minimum Gasteiger partial charge on any atom is -0.389 e. The molecule has 3 heteroatoms.